The molecule has 0 unspecified atom stereocenters. The van der Waals surface area contributed by atoms with Gasteiger partial charge in [-0.25, -0.2) is 0 Å². The normalized spacial score (nSPS) is 18.3. The fourth-order valence-corrected chi connectivity index (χ4v) is 2.79. The molecule has 0 atom stereocenters. The first-order valence-electron chi connectivity index (χ1n) is 8.46. The summed E-state index contributed by atoms with van der Waals surface area (Å²) in [6, 6.07) is 0.460. The lowest BCUT2D eigenvalue weighted by Crippen LogP contribution is -2.40. The molecule has 1 rings (SSSR count). The Morgan fingerprint density at radius 1 is 0.947 bits per heavy atom. The molecule has 0 aromatic heterocycles. The number of piperidine rings is 1. The Balaban J connectivity index is 2.12. The highest BCUT2D eigenvalue weighted by molar-refractivity contribution is 4.74. The van der Waals surface area contributed by atoms with Gasteiger partial charge in [0.1, 0.15) is 0 Å². The molecule has 1 saturated heterocycles. The number of nitrogens with two attached hydrogens (primary N) is 1. The van der Waals surface area contributed by atoms with Crippen molar-refractivity contribution in [3.63, 3.8) is 0 Å². The second-order valence-electron chi connectivity index (χ2n) is 6.08. The van der Waals surface area contributed by atoms with Crippen molar-refractivity contribution < 1.29 is 0 Å². The summed E-state index contributed by atoms with van der Waals surface area (Å²) in [6.07, 6.45) is 9.03. The molecule has 0 bridgehead atoms. The zero-order chi connectivity index (χ0) is 13.9. The zero-order valence-corrected chi connectivity index (χ0v) is 13.2. The van der Waals surface area contributed by atoms with E-state index in [1.54, 1.807) is 0 Å². The average molecular weight is 269 g/mol. The van der Waals surface area contributed by atoms with E-state index in [1.807, 2.05) is 0 Å². The third-order valence-corrected chi connectivity index (χ3v) is 4.24. The van der Waals surface area contributed by atoms with E-state index in [-0.39, 0.29) is 0 Å². The van der Waals surface area contributed by atoms with Crippen molar-refractivity contribution >= 4 is 0 Å². The number of hydrogen-bond donors (Lipinski definition) is 1. The third-order valence-electron chi connectivity index (χ3n) is 4.24. The van der Waals surface area contributed by atoms with Gasteiger partial charge in [0.2, 0.25) is 0 Å². The molecule has 0 spiro atoms. The summed E-state index contributed by atoms with van der Waals surface area (Å²) < 4.78 is 0. The minimum absolute atomic E-state index is 0.460. The lowest BCUT2D eigenvalue weighted by atomic mass is 10.1. The van der Waals surface area contributed by atoms with Crippen molar-refractivity contribution in [2.45, 2.75) is 64.8 Å². The van der Waals surface area contributed by atoms with Gasteiger partial charge < -0.3 is 15.5 Å². The van der Waals surface area contributed by atoms with Gasteiger partial charge in [-0.3, -0.25) is 0 Å². The number of likely N-dealkylation sites (tertiary alicyclic amines) is 1. The van der Waals surface area contributed by atoms with Gasteiger partial charge in [0, 0.05) is 6.04 Å². The second kappa shape index (κ2) is 10.6. The Morgan fingerprint density at radius 2 is 1.47 bits per heavy atom. The van der Waals surface area contributed by atoms with Crippen LogP contribution in [-0.4, -0.2) is 55.1 Å². The summed E-state index contributed by atoms with van der Waals surface area (Å²) in [6.45, 7) is 12.1. The average Bonchev–Trinajstić information content (AvgIpc) is 2.43. The first kappa shape index (κ1) is 16.9. The lowest BCUT2D eigenvalue weighted by molar-refractivity contribution is 0.190. The molecule has 114 valence electrons. The molecule has 0 aromatic carbocycles. The van der Waals surface area contributed by atoms with Crippen LogP contribution in [0.15, 0.2) is 0 Å². The Kier molecular flexibility index (Phi) is 9.48. The number of rotatable bonds is 10. The molecule has 3 nitrogen and oxygen atoms in total. The summed E-state index contributed by atoms with van der Waals surface area (Å²) in [5.41, 5.74) is 5.95. The van der Waals surface area contributed by atoms with Gasteiger partial charge >= 0.3 is 0 Å². The standard InChI is InChI=1S/C16H35N3/c1-3-5-10-18(11-6-4-2)12-7-13-19-14-8-16(17)9-15-19/h16H,3-15,17H2,1-2H3. The molecule has 0 aromatic rings. The summed E-state index contributed by atoms with van der Waals surface area (Å²) >= 11 is 0. The molecule has 2 N–H and O–H groups in total. The number of unbranched alkanes of at least 4 members (excludes halogenated alkanes) is 2. The predicted octanol–water partition coefficient (Wildman–Crippen LogP) is 2.70. The van der Waals surface area contributed by atoms with E-state index in [0.29, 0.717) is 6.04 Å². The van der Waals surface area contributed by atoms with Crippen LogP contribution in [0.2, 0.25) is 0 Å². The van der Waals surface area contributed by atoms with Crippen LogP contribution in [-0.2, 0) is 0 Å². The molecule has 0 radical (unpaired) electrons. The van der Waals surface area contributed by atoms with Crippen molar-refractivity contribution in [1.82, 2.24) is 9.80 Å². The summed E-state index contributed by atoms with van der Waals surface area (Å²) in [7, 11) is 0. The minimum Gasteiger partial charge on any atom is -0.328 e. The molecule has 1 fully saturated rings. The van der Waals surface area contributed by atoms with E-state index in [4.69, 9.17) is 5.73 Å². The minimum atomic E-state index is 0.460. The molecule has 3 heteroatoms. The van der Waals surface area contributed by atoms with Gasteiger partial charge in [0.05, 0.1) is 0 Å². The van der Waals surface area contributed by atoms with E-state index in [0.717, 1.165) is 0 Å². The highest BCUT2D eigenvalue weighted by Crippen LogP contribution is 2.09. The SMILES string of the molecule is CCCCN(CCCC)CCCN1CCC(N)CC1. The van der Waals surface area contributed by atoms with Gasteiger partial charge in [0.25, 0.3) is 0 Å². The van der Waals surface area contributed by atoms with Crippen molar-refractivity contribution in [1.29, 1.82) is 0 Å². The van der Waals surface area contributed by atoms with Crippen LogP contribution >= 0.6 is 0 Å². The van der Waals surface area contributed by atoms with Crippen LogP contribution in [0.25, 0.3) is 0 Å². The molecule has 1 heterocycles. The molecule has 0 amide bonds. The van der Waals surface area contributed by atoms with Crippen LogP contribution in [0.4, 0.5) is 0 Å². The zero-order valence-electron chi connectivity index (χ0n) is 13.2. The fraction of sp³-hybridized carbons (Fsp3) is 1.00. The Bertz CT molecular complexity index is 192. The Labute approximate surface area is 120 Å². The maximum Gasteiger partial charge on any atom is 0.00631 e. The number of hydrogen-bond acceptors (Lipinski definition) is 3. The third kappa shape index (κ3) is 7.91. The van der Waals surface area contributed by atoms with Gasteiger partial charge in [-0.05, 0) is 71.4 Å². The Morgan fingerprint density at radius 3 is 2.00 bits per heavy atom. The molecule has 1 aliphatic heterocycles. The van der Waals surface area contributed by atoms with Crippen molar-refractivity contribution in [3.05, 3.63) is 0 Å². The number of nitrogens with zero attached hydrogens (tertiary/aromatic N) is 2. The van der Waals surface area contributed by atoms with E-state index in [2.05, 4.69) is 23.6 Å². The molecule has 0 aliphatic carbocycles. The largest absolute Gasteiger partial charge is 0.328 e. The van der Waals surface area contributed by atoms with Crippen molar-refractivity contribution in [2.24, 2.45) is 5.73 Å². The first-order valence-corrected chi connectivity index (χ1v) is 8.46. The van der Waals surface area contributed by atoms with Crippen LogP contribution in [0.1, 0.15) is 58.8 Å². The maximum atomic E-state index is 5.95. The highest BCUT2D eigenvalue weighted by atomic mass is 15.1. The summed E-state index contributed by atoms with van der Waals surface area (Å²) in [5, 5.41) is 0. The van der Waals surface area contributed by atoms with E-state index < -0.39 is 0 Å². The van der Waals surface area contributed by atoms with Crippen molar-refractivity contribution in [2.75, 3.05) is 39.3 Å². The van der Waals surface area contributed by atoms with E-state index in [9.17, 15) is 0 Å². The predicted molar refractivity (Wildman–Crippen MR) is 84.5 cm³/mol. The molecular formula is C16H35N3. The van der Waals surface area contributed by atoms with Gasteiger partial charge in [0.15, 0.2) is 0 Å². The summed E-state index contributed by atoms with van der Waals surface area (Å²) in [4.78, 5) is 5.27. The van der Waals surface area contributed by atoms with Crippen LogP contribution in [0.5, 0.6) is 0 Å². The monoisotopic (exact) mass is 269 g/mol. The van der Waals surface area contributed by atoms with Gasteiger partial charge in [-0.2, -0.15) is 0 Å². The lowest BCUT2D eigenvalue weighted by Gasteiger charge is -2.31. The molecule has 0 saturated carbocycles. The van der Waals surface area contributed by atoms with Crippen LogP contribution in [0, 0.1) is 0 Å². The first-order chi connectivity index (χ1) is 9.26. The Hall–Kier alpha value is -0.120. The quantitative estimate of drug-likeness (QED) is 0.662. The van der Waals surface area contributed by atoms with Gasteiger partial charge in [-0.1, -0.05) is 26.7 Å². The summed E-state index contributed by atoms with van der Waals surface area (Å²) in [5.74, 6) is 0. The maximum absolute atomic E-state index is 5.95. The molecular weight excluding hydrogens is 234 g/mol. The van der Waals surface area contributed by atoms with Crippen LogP contribution < -0.4 is 5.73 Å². The van der Waals surface area contributed by atoms with Crippen molar-refractivity contribution in [3.8, 4) is 0 Å². The van der Waals surface area contributed by atoms with E-state index in [1.165, 1.54) is 84.2 Å². The topological polar surface area (TPSA) is 32.5 Å². The van der Waals surface area contributed by atoms with Gasteiger partial charge in [-0.15, -0.1) is 0 Å². The second-order valence-corrected chi connectivity index (χ2v) is 6.08. The van der Waals surface area contributed by atoms with E-state index >= 15 is 0 Å². The van der Waals surface area contributed by atoms with Crippen LogP contribution in [0.3, 0.4) is 0 Å². The fourth-order valence-electron chi connectivity index (χ4n) is 2.79. The smallest absolute Gasteiger partial charge is 0.00631 e. The molecule has 19 heavy (non-hydrogen) atoms. The molecule has 1 aliphatic rings. The highest BCUT2D eigenvalue weighted by Gasteiger charge is 2.15.